The van der Waals surface area contributed by atoms with E-state index in [-0.39, 0.29) is 0 Å². The van der Waals surface area contributed by atoms with E-state index in [4.69, 9.17) is 5.73 Å². The molecular formula is C13H30N2. The molecule has 2 heteroatoms. The van der Waals surface area contributed by atoms with Crippen LogP contribution >= 0.6 is 0 Å². The molecule has 0 heterocycles. The summed E-state index contributed by atoms with van der Waals surface area (Å²) in [6.07, 6.45) is 1.16. The minimum absolute atomic E-state index is 0.347. The number of rotatable bonds is 4. The fraction of sp³-hybridized carbons (Fsp3) is 1.00. The molecule has 0 aromatic rings. The van der Waals surface area contributed by atoms with Crippen LogP contribution in [0.15, 0.2) is 0 Å². The molecule has 0 rings (SSSR count). The maximum absolute atomic E-state index is 5.86. The standard InChI is InChI=1S/C13H30N2/c1-12(2,3)8-11(9-14)15(7)10-13(4,5)6/h11H,8-10,14H2,1-7H3. The van der Waals surface area contributed by atoms with Gasteiger partial charge in [-0.2, -0.15) is 0 Å². The molecule has 0 bridgehead atoms. The summed E-state index contributed by atoms with van der Waals surface area (Å²) in [5, 5.41) is 0. The quantitative estimate of drug-likeness (QED) is 0.779. The first-order valence-corrected chi connectivity index (χ1v) is 5.95. The topological polar surface area (TPSA) is 29.3 Å². The van der Waals surface area contributed by atoms with E-state index < -0.39 is 0 Å². The molecule has 15 heavy (non-hydrogen) atoms. The Kier molecular flexibility index (Phi) is 5.28. The Hall–Kier alpha value is -0.0800. The van der Waals surface area contributed by atoms with Crippen molar-refractivity contribution in [1.82, 2.24) is 4.90 Å². The van der Waals surface area contributed by atoms with E-state index in [0.29, 0.717) is 16.9 Å². The zero-order chi connectivity index (χ0) is 12.3. The van der Waals surface area contributed by atoms with Crippen LogP contribution in [0.2, 0.25) is 0 Å². The summed E-state index contributed by atoms with van der Waals surface area (Å²) in [6.45, 7) is 15.5. The van der Waals surface area contributed by atoms with E-state index in [1.54, 1.807) is 0 Å². The van der Waals surface area contributed by atoms with Crippen molar-refractivity contribution in [3.63, 3.8) is 0 Å². The lowest BCUT2D eigenvalue weighted by atomic mass is 9.86. The van der Waals surface area contributed by atoms with Gasteiger partial charge in [-0.25, -0.2) is 0 Å². The minimum atomic E-state index is 0.347. The maximum atomic E-state index is 5.86. The first kappa shape index (κ1) is 14.9. The fourth-order valence-corrected chi connectivity index (χ4v) is 2.00. The molecule has 0 aliphatic heterocycles. The lowest BCUT2D eigenvalue weighted by Crippen LogP contribution is -2.44. The molecule has 0 amide bonds. The molecule has 0 aliphatic carbocycles. The van der Waals surface area contributed by atoms with Crippen LogP contribution in [0, 0.1) is 10.8 Å². The molecule has 0 saturated carbocycles. The van der Waals surface area contributed by atoms with Crippen LogP contribution in [-0.4, -0.2) is 31.1 Å². The molecule has 1 atom stereocenters. The summed E-state index contributed by atoms with van der Waals surface area (Å²) in [7, 11) is 2.19. The van der Waals surface area contributed by atoms with E-state index in [1.165, 1.54) is 0 Å². The van der Waals surface area contributed by atoms with Gasteiger partial charge in [0.2, 0.25) is 0 Å². The van der Waals surface area contributed by atoms with E-state index >= 15 is 0 Å². The van der Waals surface area contributed by atoms with Gasteiger partial charge in [0.05, 0.1) is 0 Å². The highest BCUT2D eigenvalue weighted by molar-refractivity contribution is 4.79. The van der Waals surface area contributed by atoms with Crippen LogP contribution in [-0.2, 0) is 0 Å². The smallest absolute Gasteiger partial charge is 0.0220 e. The predicted molar refractivity (Wildman–Crippen MR) is 69.0 cm³/mol. The van der Waals surface area contributed by atoms with Gasteiger partial charge in [0.25, 0.3) is 0 Å². The Bertz CT molecular complexity index is 174. The molecule has 1 unspecified atom stereocenters. The summed E-state index contributed by atoms with van der Waals surface area (Å²) >= 11 is 0. The minimum Gasteiger partial charge on any atom is -0.329 e. The van der Waals surface area contributed by atoms with Crippen LogP contribution in [0.3, 0.4) is 0 Å². The third-order valence-corrected chi connectivity index (χ3v) is 2.47. The van der Waals surface area contributed by atoms with Gasteiger partial charge in [0.1, 0.15) is 0 Å². The van der Waals surface area contributed by atoms with Crippen molar-refractivity contribution in [3.8, 4) is 0 Å². The van der Waals surface area contributed by atoms with E-state index in [0.717, 1.165) is 19.5 Å². The molecule has 0 aromatic carbocycles. The van der Waals surface area contributed by atoms with Crippen molar-refractivity contribution < 1.29 is 0 Å². The summed E-state index contributed by atoms with van der Waals surface area (Å²) in [5.74, 6) is 0. The third-order valence-electron chi connectivity index (χ3n) is 2.47. The van der Waals surface area contributed by atoms with Crippen molar-refractivity contribution in [2.45, 2.75) is 54.0 Å². The van der Waals surface area contributed by atoms with Gasteiger partial charge in [0, 0.05) is 19.1 Å². The van der Waals surface area contributed by atoms with Crippen LogP contribution in [0.25, 0.3) is 0 Å². The van der Waals surface area contributed by atoms with Gasteiger partial charge in [0.15, 0.2) is 0 Å². The Morgan fingerprint density at radius 1 is 1.00 bits per heavy atom. The molecule has 92 valence electrons. The molecule has 0 aromatic heterocycles. The lowest BCUT2D eigenvalue weighted by molar-refractivity contribution is 0.139. The predicted octanol–water partition coefficient (Wildman–Crippen LogP) is 2.73. The van der Waals surface area contributed by atoms with E-state index in [2.05, 4.69) is 53.5 Å². The highest BCUT2D eigenvalue weighted by Gasteiger charge is 2.23. The van der Waals surface area contributed by atoms with Gasteiger partial charge in [-0.3, -0.25) is 0 Å². The first-order valence-electron chi connectivity index (χ1n) is 5.95. The van der Waals surface area contributed by atoms with Gasteiger partial charge in [-0.15, -0.1) is 0 Å². The van der Waals surface area contributed by atoms with Crippen molar-refractivity contribution in [1.29, 1.82) is 0 Å². The maximum Gasteiger partial charge on any atom is 0.0220 e. The monoisotopic (exact) mass is 214 g/mol. The van der Waals surface area contributed by atoms with Gasteiger partial charge in [-0.1, -0.05) is 41.5 Å². The molecule has 0 aliphatic rings. The molecular weight excluding hydrogens is 184 g/mol. The summed E-state index contributed by atoms with van der Waals surface area (Å²) in [4.78, 5) is 2.41. The van der Waals surface area contributed by atoms with Crippen molar-refractivity contribution in [2.75, 3.05) is 20.1 Å². The zero-order valence-corrected chi connectivity index (χ0v) is 11.7. The average Bonchev–Trinajstić information content (AvgIpc) is 1.94. The Balaban J connectivity index is 4.29. The second-order valence-electron chi connectivity index (χ2n) is 7.13. The third kappa shape index (κ3) is 7.80. The average molecular weight is 214 g/mol. The summed E-state index contributed by atoms with van der Waals surface area (Å²) < 4.78 is 0. The van der Waals surface area contributed by atoms with Crippen LogP contribution < -0.4 is 5.73 Å². The van der Waals surface area contributed by atoms with Gasteiger partial charge < -0.3 is 10.6 Å². The number of hydrogen-bond acceptors (Lipinski definition) is 2. The van der Waals surface area contributed by atoms with E-state index in [9.17, 15) is 0 Å². The highest BCUT2D eigenvalue weighted by atomic mass is 15.1. The van der Waals surface area contributed by atoms with Crippen molar-refractivity contribution in [3.05, 3.63) is 0 Å². The molecule has 0 spiro atoms. The molecule has 0 fully saturated rings. The number of nitrogens with zero attached hydrogens (tertiary/aromatic N) is 1. The van der Waals surface area contributed by atoms with Crippen LogP contribution in [0.4, 0.5) is 0 Å². The Morgan fingerprint density at radius 2 is 1.47 bits per heavy atom. The number of likely N-dealkylation sites (N-methyl/N-ethyl adjacent to an activating group) is 1. The van der Waals surface area contributed by atoms with Gasteiger partial charge >= 0.3 is 0 Å². The largest absolute Gasteiger partial charge is 0.329 e. The molecule has 2 N–H and O–H groups in total. The molecule has 2 nitrogen and oxygen atoms in total. The van der Waals surface area contributed by atoms with Crippen LogP contribution in [0.1, 0.15) is 48.0 Å². The zero-order valence-electron chi connectivity index (χ0n) is 11.7. The SMILES string of the molecule is CN(CC(C)(C)C)C(CN)CC(C)(C)C. The lowest BCUT2D eigenvalue weighted by Gasteiger charge is -2.36. The van der Waals surface area contributed by atoms with Crippen LogP contribution in [0.5, 0.6) is 0 Å². The summed E-state index contributed by atoms with van der Waals surface area (Å²) in [5.41, 5.74) is 6.56. The molecule has 0 saturated heterocycles. The second kappa shape index (κ2) is 5.31. The second-order valence-corrected chi connectivity index (χ2v) is 7.13. The van der Waals surface area contributed by atoms with Crippen molar-refractivity contribution in [2.24, 2.45) is 16.6 Å². The first-order chi connectivity index (χ1) is 6.55. The summed E-state index contributed by atoms with van der Waals surface area (Å²) in [6, 6.07) is 0.504. The van der Waals surface area contributed by atoms with Crippen molar-refractivity contribution >= 4 is 0 Å². The fourth-order valence-electron chi connectivity index (χ4n) is 2.00. The highest BCUT2D eigenvalue weighted by Crippen LogP contribution is 2.24. The van der Waals surface area contributed by atoms with E-state index in [1.807, 2.05) is 0 Å². The Labute approximate surface area is 96.2 Å². The number of nitrogens with two attached hydrogens (primary N) is 1. The van der Waals surface area contributed by atoms with Gasteiger partial charge in [-0.05, 0) is 24.3 Å². The molecule has 0 radical (unpaired) electrons. The Morgan fingerprint density at radius 3 is 1.73 bits per heavy atom. The normalized spacial score (nSPS) is 15.8. The number of hydrogen-bond donors (Lipinski definition) is 1.